The van der Waals surface area contributed by atoms with Gasteiger partial charge in [0.25, 0.3) is 0 Å². The molecule has 0 aliphatic rings. The van der Waals surface area contributed by atoms with Crippen molar-refractivity contribution in [3.63, 3.8) is 0 Å². The van der Waals surface area contributed by atoms with E-state index in [4.69, 9.17) is 0 Å². The van der Waals surface area contributed by atoms with E-state index < -0.39 is 0 Å². The summed E-state index contributed by atoms with van der Waals surface area (Å²) in [5.41, 5.74) is 3.20. The van der Waals surface area contributed by atoms with Crippen LogP contribution in [0.1, 0.15) is 19.4 Å². The zero-order valence-electron chi connectivity index (χ0n) is 17.7. The average molecular weight is 400 g/mol. The summed E-state index contributed by atoms with van der Waals surface area (Å²) < 4.78 is 11.9. The quantitative estimate of drug-likeness (QED) is 0.373. The average Bonchev–Trinajstić information content (AvgIpc) is 2.77. The summed E-state index contributed by atoms with van der Waals surface area (Å²) in [5.74, 6) is 0. The maximum atomic E-state index is 11.9. The molecule has 0 saturated heterocycles. The molecule has 1 rings (SSSR count). The summed E-state index contributed by atoms with van der Waals surface area (Å²) in [4.78, 5) is 0. The first-order chi connectivity index (χ1) is 14.8. The van der Waals surface area contributed by atoms with Crippen LogP contribution >= 0.6 is 0 Å². The number of hydrogen-bond acceptors (Lipinski definition) is 1. The molecule has 30 heavy (non-hydrogen) atoms. The largest absolute Gasteiger partial charge is 0.362 e. The van der Waals surface area contributed by atoms with Gasteiger partial charge < -0.3 is 5.32 Å². The number of halogens is 1. The van der Waals surface area contributed by atoms with Gasteiger partial charge in [0.1, 0.15) is 0 Å². The third-order valence-electron chi connectivity index (χ3n) is 3.63. The highest BCUT2D eigenvalue weighted by Crippen LogP contribution is 2.05. The van der Waals surface area contributed by atoms with Crippen LogP contribution in [0, 0.1) is 0 Å². The third kappa shape index (κ3) is 12.7. The molecule has 154 valence electrons. The van der Waals surface area contributed by atoms with E-state index in [0.29, 0.717) is 6.33 Å². The highest BCUT2D eigenvalue weighted by Gasteiger charge is 1.87. The number of benzene rings is 1. The van der Waals surface area contributed by atoms with Gasteiger partial charge in [-0.2, -0.15) is 0 Å². The zero-order valence-corrected chi connectivity index (χ0v) is 17.7. The molecule has 0 fully saturated rings. The van der Waals surface area contributed by atoms with Crippen LogP contribution in [0.2, 0.25) is 0 Å². The minimum atomic E-state index is 0.498. The van der Waals surface area contributed by atoms with Crippen LogP contribution in [-0.4, -0.2) is 0 Å². The minimum absolute atomic E-state index is 0.498. The van der Waals surface area contributed by atoms with Gasteiger partial charge in [-0.05, 0) is 49.3 Å². The number of rotatable bonds is 11. The topological polar surface area (TPSA) is 12.0 Å². The first-order valence-electron chi connectivity index (χ1n) is 9.89. The van der Waals surface area contributed by atoms with E-state index in [9.17, 15) is 4.39 Å². The molecule has 0 heterocycles. The van der Waals surface area contributed by atoms with Gasteiger partial charge in [-0.25, -0.2) is 4.39 Å². The van der Waals surface area contributed by atoms with E-state index in [1.165, 1.54) is 11.6 Å². The molecular weight excluding hydrogens is 369 g/mol. The smallest absolute Gasteiger partial charge is 0.0866 e. The van der Waals surface area contributed by atoms with Crippen LogP contribution in [-0.2, 0) is 0 Å². The van der Waals surface area contributed by atoms with Gasteiger partial charge in [0.05, 0.1) is 6.33 Å². The number of hydrogen-bond donors (Lipinski definition) is 1. The normalized spacial score (nSPS) is 14.5. The molecule has 0 radical (unpaired) electrons. The Morgan fingerprint density at radius 3 is 2.23 bits per heavy atom. The van der Waals surface area contributed by atoms with Crippen LogP contribution < -0.4 is 5.32 Å². The monoisotopic (exact) mass is 399 g/mol. The Balaban J connectivity index is 2.80. The van der Waals surface area contributed by atoms with E-state index in [2.05, 4.69) is 35.7 Å². The molecule has 1 N–H and O–H groups in total. The fraction of sp³-hybridized carbons (Fsp3) is 0.0714. The van der Waals surface area contributed by atoms with Crippen LogP contribution in [0.5, 0.6) is 0 Å². The molecule has 0 aromatic heterocycles. The Kier molecular flexibility index (Phi) is 14.2. The first kappa shape index (κ1) is 24.4. The molecule has 0 amide bonds. The predicted octanol–water partition coefficient (Wildman–Crippen LogP) is 7.92. The summed E-state index contributed by atoms with van der Waals surface area (Å²) in [7, 11) is 0. The molecule has 0 bridgehead atoms. The van der Waals surface area contributed by atoms with E-state index >= 15 is 0 Å². The lowest BCUT2D eigenvalue weighted by Gasteiger charge is -1.99. The summed E-state index contributed by atoms with van der Waals surface area (Å²) in [6.45, 7) is 3.96. The van der Waals surface area contributed by atoms with Crippen LogP contribution in [0.15, 0.2) is 145 Å². The molecule has 1 nitrogen and oxygen atoms in total. The van der Waals surface area contributed by atoms with E-state index in [-0.39, 0.29) is 0 Å². The Morgan fingerprint density at radius 1 is 0.733 bits per heavy atom. The molecule has 0 atom stereocenters. The Bertz CT molecular complexity index is 886. The maximum absolute atomic E-state index is 11.9. The molecule has 0 spiro atoms. The highest BCUT2D eigenvalue weighted by molar-refractivity contribution is 5.51. The molecule has 2 heteroatoms. The van der Waals surface area contributed by atoms with Crippen molar-refractivity contribution in [2.45, 2.75) is 13.8 Å². The summed E-state index contributed by atoms with van der Waals surface area (Å²) in [5, 5.41) is 3.20. The summed E-state index contributed by atoms with van der Waals surface area (Å²) in [6, 6.07) is 10.2. The SMILES string of the molecule is C\C=C/C=C(\C=C/C=C/c1ccccc1)/C=C/C=C(\C=C/C)N/C=C/C=C\C=C/F. The zero-order chi connectivity index (χ0) is 21.7. The maximum Gasteiger partial charge on any atom is 0.0866 e. The van der Waals surface area contributed by atoms with Crippen molar-refractivity contribution in [3.05, 3.63) is 151 Å². The van der Waals surface area contributed by atoms with Crippen molar-refractivity contribution in [1.29, 1.82) is 0 Å². The molecule has 1 aromatic carbocycles. The Morgan fingerprint density at radius 2 is 1.50 bits per heavy atom. The molecule has 0 aliphatic carbocycles. The van der Waals surface area contributed by atoms with E-state index in [1.54, 1.807) is 24.4 Å². The van der Waals surface area contributed by atoms with Crippen LogP contribution in [0.25, 0.3) is 6.08 Å². The third-order valence-corrected chi connectivity index (χ3v) is 3.63. The van der Waals surface area contributed by atoms with Crippen LogP contribution in [0.3, 0.4) is 0 Å². The lowest BCUT2D eigenvalue weighted by molar-refractivity contribution is 0.721. The van der Waals surface area contributed by atoms with Crippen molar-refractivity contribution in [2.75, 3.05) is 0 Å². The Labute approximate surface area is 180 Å². The van der Waals surface area contributed by atoms with Crippen molar-refractivity contribution < 1.29 is 4.39 Å². The molecule has 0 aliphatic heterocycles. The van der Waals surface area contributed by atoms with E-state index in [0.717, 1.165) is 11.3 Å². The van der Waals surface area contributed by atoms with Crippen molar-refractivity contribution in [2.24, 2.45) is 0 Å². The second-order valence-corrected chi connectivity index (χ2v) is 6.01. The second-order valence-electron chi connectivity index (χ2n) is 6.01. The summed E-state index contributed by atoms with van der Waals surface area (Å²) >= 11 is 0. The van der Waals surface area contributed by atoms with Gasteiger partial charge in [-0.1, -0.05) is 103 Å². The highest BCUT2D eigenvalue weighted by atomic mass is 19.1. The molecular formula is C28H30FN. The Hall–Kier alpha value is -3.65. The predicted molar refractivity (Wildman–Crippen MR) is 131 cm³/mol. The molecule has 0 saturated carbocycles. The fourth-order valence-electron chi connectivity index (χ4n) is 2.24. The second kappa shape index (κ2) is 17.4. The first-order valence-corrected chi connectivity index (χ1v) is 9.89. The van der Waals surface area contributed by atoms with E-state index in [1.807, 2.05) is 86.7 Å². The van der Waals surface area contributed by atoms with Crippen molar-refractivity contribution in [3.8, 4) is 0 Å². The van der Waals surface area contributed by atoms with Gasteiger partial charge in [0.15, 0.2) is 0 Å². The lowest BCUT2D eigenvalue weighted by atomic mass is 10.1. The van der Waals surface area contributed by atoms with Gasteiger partial charge in [0, 0.05) is 11.9 Å². The lowest BCUT2D eigenvalue weighted by Crippen LogP contribution is -2.01. The van der Waals surface area contributed by atoms with Crippen LogP contribution in [0.4, 0.5) is 4.39 Å². The minimum Gasteiger partial charge on any atom is -0.362 e. The molecule has 1 aromatic rings. The molecule has 0 unspecified atom stereocenters. The fourth-order valence-corrected chi connectivity index (χ4v) is 2.24. The number of nitrogens with one attached hydrogen (secondary N) is 1. The van der Waals surface area contributed by atoms with Gasteiger partial charge in [-0.3, -0.25) is 0 Å². The standard InChI is InChI=1S/C28H30FN/c1-3-5-17-26(20-11-12-21-27-18-9-8-10-19-27)22-15-23-28(16-4-2)30-25-14-7-6-13-24-29/h3-25,30H,1-2H3/b5-3-,7-6-,16-4-,20-11-,21-12+,22-15+,24-13-,25-14+,26-17+,28-23+. The van der Waals surface area contributed by atoms with Gasteiger partial charge in [0.2, 0.25) is 0 Å². The van der Waals surface area contributed by atoms with Crippen molar-refractivity contribution >= 4 is 6.08 Å². The van der Waals surface area contributed by atoms with Crippen molar-refractivity contribution in [1.82, 2.24) is 5.32 Å². The summed E-state index contributed by atoms with van der Waals surface area (Å²) in [6.07, 6.45) is 33.1. The van der Waals surface area contributed by atoms with Gasteiger partial charge >= 0.3 is 0 Å². The van der Waals surface area contributed by atoms with Gasteiger partial charge in [-0.15, -0.1) is 0 Å². The number of allylic oxidation sites excluding steroid dienone is 16.